The van der Waals surface area contributed by atoms with Gasteiger partial charge in [-0.3, -0.25) is 0 Å². The third-order valence-corrected chi connectivity index (χ3v) is 13.5. The van der Waals surface area contributed by atoms with Crippen LogP contribution in [-0.4, -0.2) is 14.0 Å². The van der Waals surface area contributed by atoms with Crippen LogP contribution in [0.2, 0.25) is 16.6 Å². The Bertz CT molecular complexity index is 500. The molecule has 0 aromatic rings. The molecule has 3 heteroatoms. The second-order valence-corrected chi connectivity index (χ2v) is 14.9. The monoisotopic (exact) mass is 362 g/mol. The molecule has 0 amide bonds. The summed E-state index contributed by atoms with van der Waals surface area (Å²) >= 11 is 0. The zero-order chi connectivity index (χ0) is 18.6. The number of ether oxygens (including phenoxy) is 1. The molecule has 1 saturated carbocycles. The molecule has 142 valence electrons. The van der Waals surface area contributed by atoms with Gasteiger partial charge in [-0.15, -0.1) is 0 Å². The molecule has 0 radical (unpaired) electrons. The molecular formula is C22H38O2Si. The average Bonchev–Trinajstić information content (AvgIpc) is 2.90. The maximum absolute atomic E-state index is 12.0. The molecule has 2 rings (SSSR count). The first-order valence-corrected chi connectivity index (χ1v) is 12.7. The highest BCUT2D eigenvalue weighted by Crippen LogP contribution is 2.44. The second-order valence-electron chi connectivity index (χ2n) is 9.11. The lowest BCUT2D eigenvalue weighted by Gasteiger charge is -2.41. The number of esters is 1. The van der Waals surface area contributed by atoms with Crippen LogP contribution in [0.15, 0.2) is 23.1 Å². The summed E-state index contributed by atoms with van der Waals surface area (Å²) in [5.41, 5.74) is 5.51. The first-order valence-electron chi connectivity index (χ1n) is 10.4. The van der Waals surface area contributed by atoms with Gasteiger partial charge in [0, 0.05) is 11.6 Å². The number of rotatable bonds is 7. The standard InChI is InChI=1S/C22H38O2Si/c1-16(2)25(17(3)4,18(5)6)15-21-20(14-22(23)24-21)13-12-19-10-8-7-9-11-19/h14-19H,7-13H2,1-6H3/b21-15-. The van der Waals surface area contributed by atoms with Crippen LogP contribution in [0.1, 0.15) is 86.5 Å². The zero-order valence-corrected chi connectivity index (χ0v) is 18.2. The molecule has 2 nitrogen and oxygen atoms in total. The van der Waals surface area contributed by atoms with Crippen molar-refractivity contribution in [1.82, 2.24) is 0 Å². The summed E-state index contributed by atoms with van der Waals surface area (Å²) in [5.74, 6) is 1.58. The van der Waals surface area contributed by atoms with Crippen LogP contribution in [0.5, 0.6) is 0 Å². The van der Waals surface area contributed by atoms with Gasteiger partial charge in [0.2, 0.25) is 0 Å². The Kier molecular flexibility index (Phi) is 7.13. The van der Waals surface area contributed by atoms with Crippen LogP contribution in [0.25, 0.3) is 0 Å². The number of carbonyl (C=O) groups is 1. The minimum absolute atomic E-state index is 0.163. The van der Waals surface area contributed by atoms with E-state index in [1.54, 1.807) is 6.08 Å². The quantitative estimate of drug-likeness (QED) is 0.362. The lowest BCUT2D eigenvalue weighted by Crippen LogP contribution is -2.43. The Labute approximate surface area is 156 Å². The summed E-state index contributed by atoms with van der Waals surface area (Å²) in [6.45, 7) is 14.1. The van der Waals surface area contributed by atoms with Crippen molar-refractivity contribution in [2.45, 2.75) is 103 Å². The van der Waals surface area contributed by atoms with Crippen molar-refractivity contribution < 1.29 is 9.53 Å². The van der Waals surface area contributed by atoms with E-state index in [2.05, 4.69) is 47.2 Å². The molecule has 0 bridgehead atoms. The molecule has 0 aromatic carbocycles. The number of hydrogen-bond donors (Lipinski definition) is 0. The fourth-order valence-electron chi connectivity index (χ4n) is 5.30. The molecule has 1 fully saturated rings. The average molecular weight is 363 g/mol. The minimum Gasteiger partial charge on any atom is -0.424 e. The van der Waals surface area contributed by atoms with Gasteiger partial charge in [-0.1, -0.05) is 79.3 Å². The Morgan fingerprint density at radius 3 is 2.12 bits per heavy atom. The van der Waals surface area contributed by atoms with E-state index in [0.29, 0.717) is 16.6 Å². The van der Waals surface area contributed by atoms with Gasteiger partial charge >= 0.3 is 5.97 Å². The van der Waals surface area contributed by atoms with E-state index in [9.17, 15) is 4.79 Å². The highest BCUT2D eigenvalue weighted by atomic mass is 28.3. The smallest absolute Gasteiger partial charge is 0.336 e. The Balaban J connectivity index is 2.20. The Hall–Kier alpha value is -0.833. The molecular weight excluding hydrogens is 324 g/mol. The van der Waals surface area contributed by atoms with E-state index in [1.807, 2.05) is 0 Å². The highest BCUT2D eigenvalue weighted by Gasteiger charge is 2.42. The van der Waals surface area contributed by atoms with Crippen LogP contribution in [0.4, 0.5) is 0 Å². The minimum atomic E-state index is -1.71. The lowest BCUT2D eigenvalue weighted by molar-refractivity contribution is -0.132. The molecule has 1 aliphatic heterocycles. The van der Waals surface area contributed by atoms with Gasteiger partial charge < -0.3 is 4.74 Å². The highest BCUT2D eigenvalue weighted by molar-refractivity contribution is 6.88. The van der Waals surface area contributed by atoms with Gasteiger partial charge in [-0.25, -0.2) is 4.79 Å². The van der Waals surface area contributed by atoms with Crippen LogP contribution in [0.3, 0.4) is 0 Å². The predicted molar refractivity (Wildman–Crippen MR) is 109 cm³/mol. The van der Waals surface area contributed by atoms with Gasteiger partial charge in [0.05, 0.1) is 8.07 Å². The third kappa shape index (κ3) is 4.67. The molecule has 0 spiro atoms. The summed E-state index contributed by atoms with van der Waals surface area (Å²) in [6, 6.07) is 0. The molecule has 1 aliphatic carbocycles. The van der Waals surface area contributed by atoms with Gasteiger partial charge in [0.1, 0.15) is 5.76 Å². The van der Waals surface area contributed by atoms with E-state index in [0.717, 1.165) is 23.7 Å². The maximum Gasteiger partial charge on any atom is 0.336 e. The van der Waals surface area contributed by atoms with E-state index in [4.69, 9.17) is 4.74 Å². The third-order valence-electron chi connectivity index (χ3n) is 6.75. The molecule has 25 heavy (non-hydrogen) atoms. The molecule has 0 N–H and O–H groups in total. The predicted octanol–water partition coefficient (Wildman–Crippen LogP) is 6.93. The van der Waals surface area contributed by atoms with Crippen molar-refractivity contribution in [2.24, 2.45) is 5.92 Å². The topological polar surface area (TPSA) is 26.3 Å². The fraction of sp³-hybridized carbons (Fsp3) is 0.773. The number of hydrogen-bond acceptors (Lipinski definition) is 2. The van der Waals surface area contributed by atoms with Crippen LogP contribution < -0.4 is 0 Å². The van der Waals surface area contributed by atoms with Gasteiger partial charge in [-0.05, 0) is 35.4 Å². The molecule has 0 atom stereocenters. The molecule has 0 saturated heterocycles. The van der Waals surface area contributed by atoms with Crippen LogP contribution in [-0.2, 0) is 9.53 Å². The summed E-state index contributed by atoms with van der Waals surface area (Å²) in [5, 5.41) is 0. The maximum atomic E-state index is 12.0. The normalized spacial score (nSPS) is 21.6. The summed E-state index contributed by atoms with van der Waals surface area (Å²) < 4.78 is 5.68. The van der Waals surface area contributed by atoms with E-state index < -0.39 is 8.07 Å². The molecule has 1 heterocycles. The Morgan fingerprint density at radius 2 is 1.60 bits per heavy atom. The van der Waals surface area contributed by atoms with Gasteiger partial charge in [0.15, 0.2) is 0 Å². The zero-order valence-electron chi connectivity index (χ0n) is 17.2. The molecule has 2 aliphatic rings. The van der Waals surface area contributed by atoms with E-state index >= 15 is 0 Å². The van der Waals surface area contributed by atoms with Gasteiger partial charge in [-0.2, -0.15) is 0 Å². The summed E-state index contributed by atoms with van der Waals surface area (Å²) in [4.78, 5) is 12.0. The van der Waals surface area contributed by atoms with Crippen LogP contribution in [0, 0.1) is 5.92 Å². The Morgan fingerprint density at radius 1 is 1.04 bits per heavy atom. The van der Waals surface area contributed by atoms with Gasteiger partial charge in [0.25, 0.3) is 0 Å². The second kappa shape index (κ2) is 8.70. The first kappa shape index (κ1) is 20.5. The van der Waals surface area contributed by atoms with E-state index in [1.165, 1.54) is 38.5 Å². The lowest BCUT2D eigenvalue weighted by atomic mass is 9.85. The number of allylic oxidation sites excluding steroid dienone is 1. The van der Waals surface area contributed by atoms with Crippen molar-refractivity contribution in [3.8, 4) is 0 Å². The number of cyclic esters (lactones) is 1. The SMILES string of the molecule is CC(C)[Si](/C=C1\OC(=O)C=C1CCC1CCCCC1)(C(C)C)C(C)C. The van der Waals surface area contributed by atoms with Crippen molar-refractivity contribution in [3.05, 3.63) is 23.1 Å². The molecule has 0 aromatic heterocycles. The summed E-state index contributed by atoms with van der Waals surface area (Å²) in [6.07, 6.45) is 10.9. The van der Waals surface area contributed by atoms with Crippen molar-refractivity contribution in [3.63, 3.8) is 0 Å². The summed E-state index contributed by atoms with van der Waals surface area (Å²) in [7, 11) is -1.71. The van der Waals surface area contributed by atoms with Crippen molar-refractivity contribution in [2.75, 3.05) is 0 Å². The molecule has 0 unspecified atom stereocenters. The van der Waals surface area contributed by atoms with Crippen molar-refractivity contribution in [1.29, 1.82) is 0 Å². The fourth-order valence-corrected chi connectivity index (χ4v) is 11.0. The largest absolute Gasteiger partial charge is 0.424 e. The van der Waals surface area contributed by atoms with Crippen molar-refractivity contribution >= 4 is 14.0 Å². The van der Waals surface area contributed by atoms with E-state index in [-0.39, 0.29) is 5.97 Å². The van der Waals surface area contributed by atoms with Crippen LogP contribution >= 0.6 is 0 Å². The number of carbonyl (C=O) groups excluding carboxylic acids is 1. The first-order chi connectivity index (χ1) is 11.8.